The Morgan fingerprint density at radius 3 is 2.48 bits per heavy atom. The largest absolute Gasteiger partial charge is 0.478 e. The van der Waals surface area contributed by atoms with Crippen LogP contribution in [0.3, 0.4) is 0 Å². The number of carboxylic acids is 1. The molecule has 0 fully saturated rings. The summed E-state index contributed by atoms with van der Waals surface area (Å²) in [4.78, 5) is 10.9. The Kier molecular flexibility index (Phi) is 5.09. The van der Waals surface area contributed by atoms with Crippen LogP contribution in [0.5, 0.6) is 0 Å². The van der Waals surface area contributed by atoms with Crippen molar-refractivity contribution in [1.82, 2.24) is 5.32 Å². The molecular formula is C16H13BrN2O2. The van der Waals surface area contributed by atoms with Gasteiger partial charge in [0.1, 0.15) is 0 Å². The number of aromatic carboxylic acids is 1. The van der Waals surface area contributed by atoms with Gasteiger partial charge in [0.05, 0.1) is 17.2 Å². The van der Waals surface area contributed by atoms with E-state index in [9.17, 15) is 4.79 Å². The van der Waals surface area contributed by atoms with Crippen molar-refractivity contribution in [3.8, 4) is 6.07 Å². The normalized spacial score (nSPS) is 10.1. The molecule has 0 saturated heterocycles. The van der Waals surface area contributed by atoms with Gasteiger partial charge >= 0.3 is 5.97 Å². The summed E-state index contributed by atoms with van der Waals surface area (Å²) < 4.78 is 0.773. The second-order valence-electron chi connectivity index (χ2n) is 4.52. The average Bonchev–Trinajstić information content (AvgIpc) is 2.49. The third-order valence-electron chi connectivity index (χ3n) is 3.03. The van der Waals surface area contributed by atoms with E-state index in [1.165, 1.54) is 0 Å². The number of hydrogen-bond donors (Lipinski definition) is 2. The highest BCUT2D eigenvalue weighted by molar-refractivity contribution is 9.10. The molecule has 2 aromatic rings. The molecule has 106 valence electrons. The van der Waals surface area contributed by atoms with Crippen LogP contribution in [0, 0.1) is 11.3 Å². The van der Waals surface area contributed by atoms with Crippen LogP contribution in [-0.2, 0) is 13.1 Å². The molecule has 2 N–H and O–H groups in total. The van der Waals surface area contributed by atoms with E-state index >= 15 is 0 Å². The van der Waals surface area contributed by atoms with Crippen molar-refractivity contribution in [1.29, 1.82) is 5.26 Å². The molecule has 0 aliphatic rings. The van der Waals surface area contributed by atoms with Crippen molar-refractivity contribution in [3.05, 3.63) is 69.2 Å². The van der Waals surface area contributed by atoms with Gasteiger partial charge in [-0.15, -0.1) is 0 Å². The second kappa shape index (κ2) is 7.02. The SMILES string of the molecule is N#Cc1ccc(CNCc2ccc(C(=O)O)cc2Br)cc1. The van der Waals surface area contributed by atoms with Gasteiger partial charge < -0.3 is 10.4 Å². The van der Waals surface area contributed by atoms with Crippen molar-refractivity contribution < 1.29 is 9.90 Å². The molecule has 0 radical (unpaired) electrons. The molecule has 0 bridgehead atoms. The number of halogens is 1. The number of nitrogens with zero attached hydrogens (tertiary/aromatic N) is 1. The minimum atomic E-state index is -0.937. The van der Waals surface area contributed by atoms with E-state index in [2.05, 4.69) is 27.3 Å². The lowest BCUT2D eigenvalue weighted by atomic mass is 10.1. The van der Waals surface area contributed by atoms with E-state index in [4.69, 9.17) is 10.4 Å². The summed E-state index contributed by atoms with van der Waals surface area (Å²) in [5.74, 6) is -0.937. The third kappa shape index (κ3) is 4.15. The van der Waals surface area contributed by atoms with Gasteiger partial charge in [-0.05, 0) is 35.4 Å². The molecule has 2 aromatic carbocycles. The van der Waals surface area contributed by atoms with Crippen molar-refractivity contribution in [2.24, 2.45) is 0 Å². The van der Waals surface area contributed by atoms with Crippen LogP contribution in [0.2, 0.25) is 0 Å². The lowest BCUT2D eigenvalue weighted by molar-refractivity contribution is 0.0697. The Hall–Kier alpha value is -2.16. The fraction of sp³-hybridized carbons (Fsp3) is 0.125. The number of rotatable bonds is 5. The van der Waals surface area contributed by atoms with Crippen LogP contribution >= 0.6 is 15.9 Å². The predicted octanol–water partition coefficient (Wildman–Crippen LogP) is 3.31. The predicted molar refractivity (Wildman–Crippen MR) is 82.8 cm³/mol. The summed E-state index contributed by atoms with van der Waals surface area (Å²) in [5, 5.41) is 20.9. The molecule has 21 heavy (non-hydrogen) atoms. The molecule has 4 nitrogen and oxygen atoms in total. The molecule has 0 aromatic heterocycles. The first kappa shape index (κ1) is 15.2. The van der Waals surface area contributed by atoms with E-state index in [-0.39, 0.29) is 5.56 Å². The van der Waals surface area contributed by atoms with Gasteiger partial charge in [0.15, 0.2) is 0 Å². The van der Waals surface area contributed by atoms with Gasteiger partial charge in [-0.2, -0.15) is 5.26 Å². The Labute approximate surface area is 131 Å². The molecule has 5 heteroatoms. The second-order valence-corrected chi connectivity index (χ2v) is 5.38. The first-order valence-corrected chi connectivity index (χ1v) is 7.11. The molecule has 0 amide bonds. The van der Waals surface area contributed by atoms with Crippen LogP contribution in [0.15, 0.2) is 46.9 Å². The Balaban J connectivity index is 1.94. The molecule has 0 heterocycles. The summed E-state index contributed by atoms with van der Waals surface area (Å²) in [5.41, 5.74) is 2.99. The highest BCUT2D eigenvalue weighted by Crippen LogP contribution is 2.18. The number of carbonyl (C=O) groups is 1. The highest BCUT2D eigenvalue weighted by Gasteiger charge is 2.06. The van der Waals surface area contributed by atoms with Gasteiger partial charge in [0, 0.05) is 17.6 Å². The number of benzene rings is 2. The molecule has 2 rings (SSSR count). The smallest absolute Gasteiger partial charge is 0.335 e. The van der Waals surface area contributed by atoms with E-state index in [0.717, 1.165) is 15.6 Å². The van der Waals surface area contributed by atoms with E-state index in [1.807, 2.05) is 12.1 Å². The van der Waals surface area contributed by atoms with Crippen LogP contribution in [-0.4, -0.2) is 11.1 Å². The molecule has 0 saturated carbocycles. The summed E-state index contributed by atoms with van der Waals surface area (Å²) in [6.45, 7) is 1.30. The molecule has 0 atom stereocenters. The van der Waals surface area contributed by atoms with Gasteiger partial charge in [0.25, 0.3) is 0 Å². The maximum absolute atomic E-state index is 10.9. The first-order chi connectivity index (χ1) is 10.1. The minimum Gasteiger partial charge on any atom is -0.478 e. The lowest BCUT2D eigenvalue weighted by Gasteiger charge is -2.08. The number of nitriles is 1. The van der Waals surface area contributed by atoms with Crippen LogP contribution in [0.4, 0.5) is 0 Å². The van der Waals surface area contributed by atoms with Crippen molar-refractivity contribution in [2.45, 2.75) is 13.1 Å². The van der Waals surface area contributed by atoms with E-state index < -0.39 is 5.97 Å². The summed E-state index contributed by atoms with van der Waals surface area (Å²) >= 11 is 3.38. The summed E-state index contributed by atoms with van der Waals surface area (Å²) in [7, 11) is 0. The molecular weight excluding hydrogens is 332 g/mol. The van der Waals surface area contributed by atoms with Crippen LogP contribution in [0.1, 0.15) is 27.0 Å². The number of hydrogen-bond acceptors (Lipinski definition) is 3. The molecule has 0 aliphatic heterocycles. The Morgan fingerprint density at radius 1 is 1.19 bits per heavy atom. The summed E-state index contributed by atoms with van der Waals surface area (Å²) in [6.07, 6.45) is 0. The van der Waals surface area contributed by atoms with E-state index in [1.54, 1.807) is 30.3 Å². The van der Waals surface area contributed by atoms with Gasteiger partial charge in [0.2, 0.25) is 0 Å². The number of nitrogens with one attached hydrogen (secondary N) is 1. The lowest BCUT2D eigenvalue weighted by Crippen LogP contribution is -2.13. The molecule has 0 aliphatic carbocycles. The van der Waals surface area contributed by atoms with Crippen molar-refractivity contribution >= 4 is 21.9 Å². The third-order valence-corrected chi connectivity index (χ3v) is 3.77. The minimum absolute atomic E-state index is 0.262. The Morgan fingerprint density at radius 2 is 1.90 bits per heavy atom. The fourth-order valence-electron chi connectivity index (χ4n) is 1.86. The van der Waals surface area contributed by atoms with Crippen molar-refractivity contribution in [2.75, 3.05) is 0 Å². The maximum Gasteiger partial charge on any atom is 0.335 e. The molecule has 0 unspecified atom stereocenters. The monoisotopic (exact) mass is 344 g/mol. The van der Waals surface area contributed by atoms with Gasteiger partial charge in [-0.1, -0.05) is 34.1 Å². The summed E-state index contributed by atoms with van der Waals surface area (Å²) in [6, 6.07) is 14.5. The van der Waals surface area contributed by atoms with Crippen molar-refractivity contribution in [3.63, 3.8) is 0 Å². The Bertz CT molecular complexity index is 690. The van der Waals surface area contributed by atoms with Gasteiger partial charge in [-0.25, -0.2) is 4.79 Å². The first-order valence-electron chi connectivity index (χ1n) is 6.31. The zero-order valence-corrected chi connectivity index (χ0v) is 12.7. The highest BCUT2D eigenvalue weighted by atomic mass is 79.9. The zero-order valence-electron chi connectivity index (χ0n) is 11.1. The van der Waals surface area contributed by atoms with Crippen LogP contribution in [0.25, 0.3) is 0 Å². The standard InChI is InChI=1S/C16H13BrN2O2/c17-15-7-13(16(20)21)5-6-14(15)10-19-9-12-3-1-11(8-18)2-4-12/h1-7,19H,9-10H2,(H,20,21). The van der Waals surface area contributed by atoms with Gasteiger partial charge in [-0.3, -0.25) is 0 Å². The average molecular weight is 345 g/mol. The quantitative estimate of drug-likeness (QED) is 0.872. The fourth-order valence-corrected chi connectivity index (χ4v) is 2.38. The number of carboxylic acid groups (broad SMARTS) is 1. The van der Waals surface area contributed by atoms with E-state index in [0.29, 0.717) is 18.7 Å². The maximum atomic E-state index is 10.9. The van der Waals surface area contributed by atoms with Crippen LogP contribution < -0.4 is 5.32 Å². The zero-order chi connectivity index (χ0) is 15.2. The molecule has 0 spiro atoms. The topological polar surface area (TPSA) is 73.1 Å².